The number of amides is 6. The number of nitrogens with one attached hydrogen (secondary N) is 4. The fraction of sp³-hybridized carbons (Fsp3) is 0.377. The van der Waals surface area contributed by atoms with E-state index in [-0.39, 0.29) is 103 Å². The molecule has 5 saturated heterocycles. The lowest BCUT2D eigenvalue weighted by Crippen LogP contribution is -2.54. The molecule has 6 amide bonds. The Balaban J connectivity index is 0.732. The maximum Gasteiger partial charge on any atom is 0.407 e. The Hall–Kier alpha value is -7.89. The number of fused-ring (bicyclic) bond motifs is 6. The molecule has 3 aromatic carbocycles. The molecule has 18 nitrogen and oxygen atoms in total. The van der Waals surface area contributed by atoms with Crippen molar-refractivity contribution in [1.82, 2.24) is 40.7 Å². The SMILES string of the molecule is C#Cc1c(F)ccc2cccc(-c3ncc4c(N5CC6CCC(C5)N6)nc(OCC56CCC(COC(=O)NCCCC(=O)Nc7cccc8c7C(=O)N(C7CCC(=O)NC7=O)C8=O)N5CC(=C)C6)nc4c3F)c12. The number of anilines is 2. The molecule has 2 aromatic heterocycles. The summed E-state index contributed by atoms with van der Waals surface area (Å²) in [7, 11) is 0. The van der Waals surface area contributed by atoms with Gasteiger partial charge in [0.15, 0.2) is 5.82 Å². The number of piperazine rings is 1. The molecule has 5 atom stereocenters. The van der Waals surface area contributed by atoms with Gasteiger partial charge in [-0.15, -0.1) is 6.42 Å². The van der Waals surface area contributed by atoms with E-state index in [1.54, 1.807) is 30.5 Å². The molecule has 4 N–H and O–H groups in total. The molecule has 5 aromatic rings. The Morgan fingerprint density at radius 2 is 1.77 bits per heavy atom. The standard InChI is InChI=1S/C53H50F2N10O8/c1-3-33-37(54)15-12-29-7-4-8-34(42(29)33)45-44(55)46-36(22-57-45)47(63-24-30-13-14-31(25-63)58-30)62-51(61-46)73-27-53-19-18-32(64(53)23-28(2)21-53)26-72-52(71)56-20-6-11-40(66)59-38-10-5-9-35-43(38)50(70)65(49(35)69)39-16-17-41(67)60-48(39)68/h1,4-5,7-10,12,15,22,30-32,39,58H,2,6,11,13-14,16-21,23-27H2,(H,56,71)(H,59,66)(H,60,67,68). The monoisotopic (exact) mass is 992 g/mol. The number of benzene rings is 3. The van der Waals surface area contributed by atoms with Crippen LogP contribution in [0.3, 0.4) is 0 Å². The quantitative estimate of drug-likeness (QED) is 0.0521. The number of hydrogen-bond donors (Lipinski definition) is 4. The van der Waals surface area contributed by atoms with Crippen LogP contribution < -0.4 is 30.9 Å². The maximum absolute atomic E-state index is 17.2. The van der Waals surface area contributed by atoms with Gasteiger partial charge in [0.1, 0.15) is 42.1 Å². The number of carbonyl (C=O) groups is 6. The lowest BCUT2D eigenvalue weighted by molar-refractivity contribution is -0.136. The Labute approximate surface area is 417 Å². The number of hydrogen-bond acceptors (Lipinski definition) is 14. The van der Waals surface area contributed by atoms with Gasteiger partial charge in [-0.25, -0.2) is 13.6 Å². The normalized spacial score (nSPS) is 23.4. The third-order valence-corrected chi connectivity index (χ3v) is 15.0. The van der Waals surface area contributed by atoms with Crippen molar-refractivity contribution >= 4 is 68.8 Å². The second kappa shape index (κ2) is 18.9. The van der Waals surface area contributed by atoms with Crippen molar-refractivity contribution < 1.29 is 47.0 Å². The molecule has 0 saturated carbocycles. The van der Waals surface area contributed by atoms with Crippen molar-refractivity contribution in [2.45, 2.75) is 87.5 Å². The van der Waals surface area contributed by atoms with Gasteiger partial charge in [-0.3, -0.25) is 44.1 Å². The van der Waals surface area contributed by atoms with Crippen molar-refractivity contribution in [3.8, 4) is 29.6 Å². The maximum atomic E-state index is 17.2. The average molecular weight is 993 g/mol. The van der Waals surface area contributed by atoms with E-state index < -0.39 is 58.8 Å². The molecule has 6 aliphatic rings. The predicted molar refractivity (Wildman–Crippen MR) is 262 cm³/mol. The number of nitrogens with zero attached hydrogens (tertiary/aromatic N) is 6. The number of pyridine rings is 1. The summed E-state index contributed by atoms with van der Waals surface area (Å²) in [6.07, 6.45) is 10.9. The molecule has 2 bridgehead atoms. The summed E-state index contributed by atoms with van der Waals surface area (Å²) in [5.74, 6) is -1.49. The molecule has 5 unspecified atom stereocenters. The summed E-state index contributed by atoms with van der Waals surface area (Å²) in [4.78, 5) is 96.1. The van der Waals surface area contributed by atoms with E-state index in [0.717, 1.165) is 23.3 Å². The molecule has 0 radical (unpaired) electrons. The number of piperidine rings is 1. The van der Waals surface area contributed by atoms with Gasteiger partial charge in [0.25, 0.3) is 11.8 Å². The first-order chi connectivity index (χ1) is 35.3. The highest BCUT2D eigenvalue weighted by molar-refractivity contribution is 6.26. The Bertz CT molecular complexity index is 3240. The minimum absolute atomic E-state index is 0.000779. The zero-order chi connectivity index (χ0) is 50.7. The van der Waals surface area contributed by atoms with Gasteiger partial charge in [-0.2, -0.15) is 9.97 Å². The first kappa shape index (κ1) is 47.4. The molecule has 8 heterocycles. The lowest BCUT2D eigenvalue weighted by atomic mass is 9.94. The summed E-state index contributed by atoms with van der Waals surface area (Å²) in [6.45, 7) is 6.48. The van der Waals surface area contributed by atoms with Crippen LogP contribution in [0, 0.1) is 24.0 Å². The van der Waals surface area contributed by atoms with Crippen molar-refractivity contribution in [3.05, 3.63) is 95.2 Å². The number of carbonyl (C=O) groups excluding carboxylic acids is 6. The number of alkyl carbamates (subject to hydrolysis) is 1. The summed E-state index contributed by atoms with van der Waals surface area (Å²) >= 11 is 0. The fourth-order valence-electron chi connectivity index (χ4n) is 11.6. The summed E-state index contributed by atoms with van der Waals surface area (Å²) in [5, 5.41) is 12.6. The molecule has 73 heavy (non-hydrogen) atoms. The first-order valence-corrected chi connectivity index (χ1v) is 24.5. The minimum atomic E-state index is -1.15. The van der Waals surface area contributed by atoms with E-state index in [0.29, 0.717) is 66.4 Å². The topological polar surface area (TPSA) is 217 Å². The smallest absolute Gasteiger partial charge is 0.407 e. The highest BCUT2D eigenvalue weighted by Crippen LogP contribution is 2.45. The molecule has 0 spiro atoms. The summed E-state index contributed by atoms with van der Waals surface area (Å²) < 4.78 is 44.4. The van der Waals surface area contributed by atoms with Crippen LogP contribution >= 0.6 is 0 Å². The summed E-state index contributed by atoms with van der Waals surface area (Å²) in [6, 6.07) is 11.7. The van der Waals surface area contributed by atoms with Crippen molar-refractivity contribution in [1.29, 1.82) is 0 Å². The van der Waals surface area contributed by atoms with Crippen LogP contribution in [-0.2, 0) is 19.1 Å². The molecular formula is C53H50F2N10O8. The number of ether oxygens (including phenoxy) is 2. The van der Waals surface area contributed by atoms with Crippen LogP contribution in [0.2, 0.25) is 0 Å². The minimum Gasteiger partial charge on any atom is -0.461 e. The lowest BCUT2D eigenvalue weighted by Gasteiger charge is -2.35. The van der Waals surface area contributed by atoms with Crippen LogP contribution in [0.5, 0.6) is 6.01 Å². The van der Waals surface area contributed by atoms with Gasteiger partial charge in [0.2, 0.25) is 17.7 Å². The second-order valence-electron chi connectivity index (χ2n) is 19.6. The highest BCUT2D eigenvalue weighted by atomic mass is 19.1. The number of terminal acetylenes is 1. The van der Waals surface area contributed by atoms with Crippen LogP contribution in [0.1, 0.15) is 84.1 Å². The van der Waals surface area contributed by atoms with Crippen LogP contribution in [0.4, 0.5) is 25.1 Å². The molecule has 5 fully saturated rings. The molecule has 374 valence electrons. The largest absolute Gasteiger partial charge is 0.461 e. The number of rotatable bonds is 13. The third-order valence-electron chi connectivity index (χ3n) is 15.0. The van der Waals surface area contributed by atoms with Gasteiger partial charge in [-0.05, 0) is 68.5 Å². The van der Waals surface area contributed by atoms with Crippen molar-refractivity contribution in [3.63, 3.8) is 0 Å². The van der Waals surface area contributed by atoms with Crippen LogP contribution in [0.15, 0.2) is 66.9 Å². The van der Waals surface area contributed by atoms with Gasteiger partial charge in [-0.1, -0.05) is 48.4 Å². The van der Waals surface area contributed by atoms with Crippen LogP contribution in [0.25, 0.3) is 32.9 Å². The Kier molecular flexibility index (Phi) is 12.3. The second-order valence-corrected chi connectivity index (χ2v) is 19.6. The molecule has 11 rings (SSSR count). The van der Waals surface area contributed by atoms with Gasteiger partial charge < -0.3 is 30.3 Å². The van der Waals surface area contributed by atoms with E-state index in [2.05, 4.69) is 48.6 Å². The summed E-state index contributed by atoms with van der Waals surface area (Å²) in [5.41, 5.74) is 0.885. The Morgan fingerprint density at radius 3 is 2.56 bits per heavy atom. The number of halogens is 2. The fourth-order valence-corrected chi connectivity index (χ4v) is 11.6. The zero-order valence-corrected chi connectivity index (χ0v) is 39.6. The van der Waals surface area contributed by atoms with Crippen LogP contribution in [-0.4, -0.2) is 129 Å². The third kappa shape index (κ3) is 8.65. The van der Waals surface area contributed by atoms with E-state index >= 15 is 8.78 Å². The average Bonchev–Trinajstić information content (AvgIpc) is 4.08. The Morgan fingerprint density at radius 1 is 0.973 bits per heavy atom. The molecule has 20 heteroatoms. The predicted octanol–water partition coefficient (Wildman–Crippen LogP) is 5.13. The number of aromatic nitrogens is 3. The molecule has 0 aliphatic carbocycles. The molecule has 6 aliphatic heterocycles. The first-order valence-electron chi connectivity index (χ1n) is 24.5. The van der Waals surface area contributed by atoms with E-state index in [1.807, 2.05) is 0 Å². The van der Waals surface area contributed by atoms with Crippen molar-refractivity contribution in [2.24, 2.45) is 0 Å². The van der Waals surface area contributed by atoms with Gasteiger partial charge in [0, 0.05) is 74.3 Å². The van der Waals surface area contributed by atoms with E-state index in [4.69, 9.17) is 25.9 Å². The highest BCUT2D eigenvalue weighted by Gasteiger charge is 2.52. The van der Waals surface area contributed by atoms with Gasteiger partial charge >= 0.3 is 12.1 Å². The number of imide groups is 2. The van der Waals surface area contributed by atoms with E-state index in [9.17, 15) is 28.8 Å². The molecular weight excluding hydrogens is 943 g/mol. The van der Waals surface area contributed by atoms with E-state index in [1.165, 1.54) is 24.3 Å². The van der Waals surface area contributed by atoms with Crippen molar-refractivity contribution in [2.75, 3.05) is 49.6 Å². The van der Waals surface area contributed by atoms with Gasteiger partial charge in [0.05, 0.1) is 33.3 Å². The zero-order valence-electron chi connectivity index (χ0n) is 39.6.